The fourth-order valence-electron chi connectivity index (χ4n) is 5.67. The smallest absolute Gasteiger partial charge is 0.228 e. The van der Waals surface area contributed by atoms with E-state index < -0.39 is 6.10 Å². The van der Waals surface area contributed by atoms with Gasteiger partial charge in [0.05, 0.1) is 29.8 Å². The van der Waals surface area contributed by atoms with Crippen molar-refractivity contribution >= 4 is 40.6 Å². The Morgan fingerprint density at radius 1 is 1.14 bits per heavy atom. The summed E-state index contributed by atoms with van der Waals surface area (Å²) in [5, 5.41) is 19.9. The summed E-state index contributed by atoms with van der Waals surface area (Å²) < 4.78 is 2.34. The Bertz CT molecular complexity index is 1320. The Balaban J connectivity index is 0.00000253. The molecule has 0 spiro atoms. The van der Waals surface area contributed by atoms with Crippen molar-refractivity contribution in [1.82, 2.24) is 29.5 Å². The SMILES string of the molecule is C[C@@H]1CCC[C@@H](n2cnc3cc(-c4nc(N5CC[C@H](CO)[C@@H](O)C5)nc5[nH]cnc45)ccc32)C1.Cl. The van der Waals surface area contributed by atoms with Gasteiger partial charge in [0, 0.05) is 37.2 Å². The Morgan fingerprint density at radius 3 is 2.83 bits per heavy atom. The summed E-state index contributed by atoms with van der Waals surface area (Å²) in [6.45, 7) is 3.42. The highest BCUT2D eigenvalue weighted by molar-refractivity contribution is 5.91. The summed E-state index contributed by atoms with van der Waals surface area (Å²) in [6.07, 6.45) is 8.71. The van der Waals surface area contributed by atoms with Crippen molar-refractivity contribution < 1.29 is 10.2 Å². The van der Waals surface area contributed by atoms with E-state index in [0.29, 0.717) is 37.1 Å². The van der Waals surface area contributed by atoms with E-state index in [-0.39, 0.29) is 24.9 Å². The lowest BCUT2D eigenvalue weighted by atomic mass is 9.87. The molecule has 9 nitrogen and oxygen atoms in total. The number of aliphatic hydroxyl groups excluding tert-OH is 2. The number of β-amino-alcohol motifs (C(OH)–C–C–N with tert-alkyl or cyclic N) is 1. The zero-order valence-corrected chi connectivity index (χ0v) is 20.7. The molecule has 1 aliphatic carbocycles. The maximum atomic E-state index is 10.4. The van der Waals surface area contributed by atoms with Crippen LogP contribution >= 0.6 is 12.4 Å². The second kappa shape index (κ2) is 9.72. The van der Waals surface area contributed by atoms with Gasteiger partial charge in [0.1, 0.15) is 11.2 Å². The van der Waals surface area contributed by atoms with Gasteiger partial charge in [-0.05, 0) is 37.3 Å². The van der Waals surface area contributed by atoms with Gasteiger partial charge >= 0.3 is 0 Å². The van der Waals surface area contributed by atoms with Crippen LogP contribution in [-0.4, -0.2) is 65.5 Å². The number of rotatable bonds is 4. The molecule has 1 aliphatic heterocycles. The number of nitrogens with one attached hydrogen (secondary N) is 1. The molecule has 4 heterocycles. The van der Waals surface area contributed by atoms with Crippen LogP contribution in [0.15, 0.2) is 30.9 Å². The van der Waals surface area contributed by atoms with Crippen molar-refractivity contribution in [3.05, 3.63) is 30.9 Å². The predicted octanol–water partition coefficient (Wildman–Crippen LogP) is 3.72. The predicted molar refractivity (Wildman–Crippen MR) is 138 cm³/mol. The van der Waals surface area contributed by atoms with Gasteiger partial charge in [-0.1, -0.05) is 25.8 Å². The number of aromatic amines is 1. The number of halogens is 1. The molecule has 2 fully saturated rings. The van der Waals surface area contributed by atoms with Crippen LogP contribution in [0.1, 0.15) is 45.1 Å². The number of nitrogens with zero attached hydrogens (tertiary/aromatic N) is 6. The molecule has 6 rings (SSSR count). The topological polar surface area (TPSA) is 116 Å². The highest BCUT2D eigenvalue weighted by Gasteiger charge is 2.29. The summed E-state index contributed by atoms with van der Waals surface area (Å²) in [4.78, 5) is 23.9. The molecule has 0 bridgehead atoms. The van der Waals surface area contributed by atoms with Gasteiger partial charge in [-0.25, -0.2) is 15.0 Å². The highest BCUT2D eigenvalue weighted by atomic mass is 35.5. The summed E-state index contributed by atoms with van der Waals surface area (Å²) >= 11 is 0. The zero-order valence-electron chi connectivity index (χ0n) is 19.8. The van der Waals surface area contributed by atoms with Crippen LogP contribution in [0.5, 0.6) is 0 Å². The Hall–Kier alpha value is -2.75. The average Bonchev–Trinajstić information content (AvgIpc) is 3.50. The minimum absolute atomic E-state index is 0. The Morgan fingerprint density at radius 2 is 2.03 bits per heavy atom. The summed E-state index contributed by atoms with van der Waals surface area (Å²) in [5.74, 6) is 1.21. The third kappa shape index (κ3) is 4.37. The molecule has 1 aromatic carbocycles. The van der Waals surface area contributed by atoms with E-state index in [4.69, 9.17) is 9.97 Å². The summed E-state index contributed by atoms with van der Waals surface area (Å²) in [7, 11) is 0. The number of piperidine rings is 1. The fraction of sp³-hybridized carbons (Fsp3) is 0.520. The molecule has 2 aliphatic rings. The highest BCUT2D eigenvalue weighted by Crippen LogP contribution is 2.35. The molecular formula is C25H32ClN7O2. The van der Waals surface area contributed by atoms with E-state index in [1.807, 2.05) is 11.2 Å². The van der Waals surface area contributed by atoms with Crippen LogP contribution in [0.3, 0.4) is 0 Å². The molecule has 3 aromatic heterocycles. The van der Waals surface area contributed by atoms with E-state index in [1.165, 1.54) is 25.7 Å². The molecule has 186 valence electrons. The maximum Gasteiger partial charge on any atom is 0.228 e. The molecule has 0 unspecified atom stereocenters. The van der Waals surface area contributed by atoms with E-state index >= 15 is 0 Å². The van der Waals surface area contributed by atoms with Gasteiger partial charge in [-0.15, -0.1) is 12.4 Å². The molecule has 4 aromatic rings. The largest absolute Gasteiger partial charge is 0.396 e. The lowest BCUT2D eigenvalue weighted by Crippen LogP contribution is -2.45. The number of H-pyrrole nitrogens is 1. The lowest BCUT2D eigenvalue weighted by Gasteiger charge is -2.35. The van der Waals surface area contributed by atoms with E-state index in [2.05, 4.69) is 44.6 Å². The van der Waals surface area contributed by atoms with Crippen molar-refractivity contribution in [3.8, 4) is 11.3 Å². The molecule has 10 heteroatoms. The molecule has 3 N–H and O–H groups in total. The van der Waals surface area contributed by atoms with Gasteiger partial charge in [0.2, 0.25) is 5.95 Å². The molecule has 0 amide bonds. The van der Waals surface area contributed by atoms with Gasteiger partial charge in [-0.2, -0.15) is 4.98 Å². The maximum absolute atomic E-state index is 10.4. The fourth-order valence-corrected chi connectivity index (χ4v) is 5.67. The summed E-state index contributed by atoms with van der Waals surface area (Å²) in [5.41, 5.74) is 5.20. The number of fused-ring (bicyclic) bond motifs is 2. The quantitative estimate of drug-likeness (QED) is 0.393. The number of aliphatic hydroxyl groups is 2. The zero-order chi connectivity index (χ0) is 23.2. The van der Waals surface area contributed by atoms with Crippen molar-refractivity contribution in [2.75, 3.05) is 24.6 Å². The summed E-state index contributed by atoms with van der Waals surface area (Å²) in [6, 6.07) is 6.84. The molecule has 1 saturated heterocycles. The third-order valence-electron chi connectivity index (χ3n) is 7.66. The number of imidazole rings is 2. The second-order valence-corrected chi connectivity index (χ2v) is 10.00. The molecular weight excluding hydrogens is 466 g/mol. The van der Waals surface area contributed by atoms with Crippen LogP contribution in [-0.2, 0) is 0 Å². The number of aromatic nitrogens is 6. The standard InChI is InChI=1S/C25H31N7O2.ClH/c1-15-3-2-4-18(9-15)32-14-28-19-10-16(5-6-20(19)32)22-23-24(27-13-26-23)30-25(29-22)31-8-7-17(12-33)21(34)11-31;/h5-6,10,13-15,17-18,21,33-34H,2-4,7-9,11-12H2,1H3,(H,26,27,29,30);1H/t15-,17-,18-,21+;/m1./s1. The molecule has 0 radical (unpaired) electrons. The normalized spacial score (nSPS) is 25.2. The van der Waals surface area contributed by atoms with Crippen molar-refractivity contribution in [3.63, 3.8) is 0 Å². The van der Waals surface area contributed by atoms with Crippen LogP contribution in [0, 0.1) is 11.8 Å². The van der Waals surface area contributed by atoms with Crippen LogP contribution in [0.4, 0.5) is 5.95 Å². The third-order valence-corrected chi connectivity index (χ3v) is 7.66. The number of benzene rings is 1. The minimum Gasteiger partial charge on any atom is -0.396 e. The molecule has 35 heavy (non-hydrogen) atoms. The van der Waals surface area contributed by atoms with Gasteiger partial charge < -0.3 is 24.7 Å². The Labute approximate surface area is 210 Å². The first-order valence-corrected chi connectivity index (χ1v) is 12.3. The lowest BCUT2D eigenvalue weighted by molar-refractivity contribution is 0.0544. The number of anilines is 1. The first-order valence-electron chi connectivity index (χ1n) is 12.3. The Kier molecular flexibility index (Phi) is 6.65. The monoisotopic (exact) mass is 497 g/mol. The molecule has 4 atom stereocenters. The van der Waals surface area contributed by atoms with Crippen LogP contribution in [0.2, 0.25) is 0 Å². The van der Waals surface area contributed by atoms with Crippen LogP contribution in [0.25, 0.3) is 33.5 Å². The van der Waals surface area contributed by atoms with E-state index in [0.717, 1.165) is 33.7 Å². The van der Waals surface area contributed by atoms with Crippen molar-refractivity contribution in [2.45, 2.75) is 51.2 Å². The van der Waals surface area contributed by atoms with Gasteiger partial charge in [0.15, 0.2) is 5.65 Å². The minimum atomic E-state index is -0.605. The van der Waals surface area contributed by atoms with Crippen molar-refractivity contribution in [2.24, 2.45) is 11.8 Å². The number of hydrogen-bond donors (Lipinski definition) is 3. The average molecular weight is 498 g/mol. The van der Waals surface area contributed by atoms with E-state index in [1.54, 1.807) is 6.33 Å². The van der Waals surface area contributed by atoms with E-state index in [9.17, 15) is 10.2 Å². The van der Waals surface area contributed by atoms with Gasteiger partial charge in [0.25, 0.3) is 0 Å². The molecule has 1 saturated carbocycles. The van der Waals surface area contributed by atoms with Gasteiger partial charge in [-0.3, -0.25) is 0 Å². The van der Waals surface area contributed by atoms with Crippen LogP contribution < -0.4 is 4.90 Å². The first kappa shape index (κ1) is 24.0. The first-order chi connectivity index (χ1) is 16.6. The van der Waals surface area contributed by atoms with Crippen molar-refractivity contribution in [1.29, 1.82) is 0 Å². The number of hydrogen-bond acceptors (Lipinski definition) is 7. The second-order valence-electron chi connectivity index (χ2n) is 10.00.